The monoisotopic (exact) mass is 185 g/mol. The van der Waals surface area contributed by atoms with E-state index in [-0.39, 0.29) is 6.04 Å². The number of rotatable bonds is 1. The van der Waals surface area contributed by atoms with E-state index in [2.05, 4.69) is 20.0 Å². The zero-order valence-electron chi connectivity index (χ0n) is 7.28. The Morgan fingerprint density at radius 2 is 2.36 bits per heavy atom. The highest BCUT2D eigenvalue weighted by molar-refractivity contribution is 6.01. The Labute approximate surface area is 80.4 Å². The number of dihydropyridines is 1. The number of aliphatic imine (C=N–C) groups is 1. The summed E-state index contributed by atoms with van der Waals surface area (Å²) in [6.07, 6.45) is 6.63. The minimum absolute atomic E-state index is 0.348. The molecule has 1 aliphatic heterocycles. The molecule has 5 heteroatoms. The van der Waals surface area contributed by atoms with Crippen LogP contribution in [0.1, 0.15) is 11.7 Å². The molecule has 1 aromatic heterocycles. The molecule has 68 valence electrons. The van der Waals surface area contributed by atoms with Crippen LogP contribution in [0.2, 0.25) is 0 Å². The van der Waals surface area contributed by atoms with Gasteiger partial charge in [-0.25, -0.2) is 0 Å². The third-order valence-electron chi connectivity index (χ3n) is 1.86. The molecular formula is C9H7N5. The van der Waals surface area contributed by atoms with E-state index in [1.807, 2.05) is 0 Å². The summed E-state index contributed by atoms with van der Waals surface area (Å²) in [5, 5.41) is 7.66. The third-order valence-corrected chi connectivity index (χ3v) is 1.86. The van der Waals surface area contributed by atoms with E-state index in [1.54, 1.807) is 36.7 Å². The first-order valence-corrected chi connectivity index (χ1v) is 4.11. The highest BCUT2D eigenvalue weighted by Crippen LogP contribution is 2.17. The summed E-state index contributed by atoms with van der Waals surface area (Å²) in [5.41, 5.74) is 9.87. The molecule has 1 unspecified atom stereocenters. The van der Waals surface area contributed by atoms with Crippen molar-refractivity contribution in [3.63, 3.8) is 0 Å². The van der Waals surface area contributed by atoms with Gasteiger partial charge in [-0.1, -0.05) is 0 Å². The Morgan fingerprint density at radius 3 is 3.07 bits per heavy atom. The van der Waals surface area contributed by atoms with Gasteiger partial charge in [-0.15, -0.1) is 0 Å². The Balaban J connectivity index is 2.40. The standard InChI is InChI=1S/C9H7N5/c10-13-7-3-1-5-11-9(7)8-4-2-6-12-14-8/h1-6,9H. The molecule has 0 aromatic carbocycles. The van der Waals surface area contributed by atoms with Gasteiger partial charge >= 0.3 is 5.71 Å². The highest BCUT2D eigenvalue weighted by atomic mass is 15.1. The molecule has 0 bridgehead atoms. The van der Waals surface area contributed by atoms with Crippen LogP contribution >= 0.6 is 0 Å². The van der Waals surface area contributed by atoms with Crippen LogP contribution in [0.15, 0.2) is 35.5 Å². The van der Waals surface area contributed by atoms with Gasteiger partial charge in [0.1, 0.15) is 0 Å². The lowest BCUT2D eigenvalue weighted by molar-refractivity contribution is -0.00792. The van der Waals surface area contributed by atoms with Crippen molar-refractivity contribution < 1.29 is 4.79 Å². The molecular weight excluding hydrogens is 178 g/mol. The molecule has 0 spiro atoms. The summed E-state index contributed by atoms with van der Waals surface area (Å²) in [6, 6.07) is 3.21. The van der Waals surface area contributed by atoms with Crippen molar-refractivity contribution in [2.24, 2.45) is 4.99 Å². The van der Waals surface area contributed by atoms with Crippen LogP contribution in [0.5, 0.6) is 0 Å². The minimum Gasteiger partial charge on any atom is -0.361 e. The van der Waals surface area contributed by atoms with Gasteiger partial charge < -0.3 is 5.53 Å². The van der Waals surface area contributed by atoms with Crippen LogP contribution < -0.4 is 0 Å². The maximum atomic E-state index is 8.74. The molecule has 14 heavy (non-hydrogen) atoms. The molecule has 1 aliphatic rings. The van der Waals surface area contributed by atoms with E-state index in [1.165, 1.54) is 0 Å². The van der Waals surface area contributed by atoms with E-state index >= 15 is 0 Å². The minimum atomic E-state index is -0.348. The van der Waals surface area contributed by atoms with Gasteiger partial charge in [0.2, 0.25) is 0 Å². The fourth-order valence-electron chi connectivity index (χ4n) is 1.22. The summed E-state index contributed by atoms with van der Waals surface area (Å²) < 4.78 is 0. The molecule has 2 rings (SSSR count). The van der Waals surface area contributed by atoms with Crippen LogP contribution in [0.3, 0.4) is 0 Å². The zero-order chi connectivity index (χ0) is 9.80. The molecule has 1 aromatic rings. The number of hydrogen-bond donors (Lipinski definition) is 0. The lowest BCUT2D eigenvalue weighted by Gasteiger charge is -2.05. The molecule has 0 saturated carbocycles. The van der Waals surface area contributed by atoms with Crippen LogP contribution in [0, 0.1) is 0 Å². The number of aromatic nitrogens is 2. The lowest BCUT2D eigenvalue weighted by Crippen LogP contribution is -2.14. The first-order chi connectivity index (χ1) is 6.92. The largest absolute Gasteiger partial charge is 0.361 e. The second-order valence-electron chi connectivity index (χ2n) is 2.73. The Bertz CT molecular complexity index is 428. The molecule has 0 amide bonds. The van der Waals surface area contributed by atoms with Gasteiger partial charge in [-0.3, -0.25) is 4.99 Å². The second-order valence-corrected chi connectivity index (χ2v) is 2.73. The third kappa shape index (κ3) is 1.48. The van der Waals surface area contributed by atoms with Crippen molar-refractivity contribution in [1.82, 2.24) is 10.2 Å². The highest BCUT2D eigenvalue weighted by Gasteiger charge is 2.24. The summed E-state index contributed by atoms with van der Waals surface area (Å²) in [4.78, 5) is 7.30. The summed E-state index contributed by atoms with van der Waals surface area (Å²) >= 11 is 0. The summed E-state index contributed by atoms with van der Waals surface area (Å²) in [6.45, 7) is 0. The topological polar surface area (TPSA) is 74.5 Å². The van der Waals surface area contributed by atoms with Crippen molar-refractivity contribution in [3.8, 4) is 0 Å². The van der Waals surface area contributed by atoms with Crippen molar-refractivity contribution in [2.75, 3.05) is 0 Å². The van der Waals surface area contributed by atoms with E-state index in [0.717, 1.165) is 0 Å². The molecule has 0 radical (unpaired) electrons. The average molecular weight is 185 g/mol. The molecule has 5 nitrogen and oxygen atoms in total. The zero-order valence-corrected chi connectivity index (χ0v) is 7.28. The molecule has 1 atom stereocenters. The van der Waals surface area contributed by atoms with Gasteiger partial charge in [0.05, 0.1) is 5.69 Å². The molecule has 2 heterocycles. The fraction of sp³-hybridized carbons (Fsp3) is 0.111. The normalized spacial score (nSPS) is 19.4. The lowest BCUT2D eigenvalue weighted by atomic mass is 10.1. The SMILES string of the molecule is [N-]=[N+]=C1C=CC=NC1c1cccnn1. The summed E-state index contributed by atoms with van der Waals surface area (Å²) in [5.74, 6) is 0. The van der Waals surface area contributed by atoms with Crippen molar-refractivity contribution >= 4 is 11.9 Å². The smallest absolute Gasteiger partial charge is 0.322 e. The fourth-order valence-corrected chi connectivity index (χ4v) is 1.22. The Kier molecular flexibility index (Phi) is 2.25. The first-order valence-electron chi connectivity index (χ1n) is 4.11. The molecule has 0 fully saturated rings. The number of nitrogens with zero attached hydrogens (tertiary/aromatic N) is 5. The molecule has 0 saturated heterocycles. The van der Waals surface area contributed by atoms with Gasteiger partial charge in [-0.05, 0) is 18.2 Å². The van der Waals surface area contributed by atoms with Crippen LogP contribution in [0.25, 0.3) is 5.53 Å². The number of hydrogen-bond acceptors (Lipinski definition) is 3. The predicted octanol–water partition coefficient (Wildman–Crippen LogP) is 0.829. The number of allylic oxidation sites excluding steroid dienone is 1. The quantitative estimate of drug-likeness (QED) is 0.480. The Hall–Kier alpha value is -2.13. The van der Waals surface area contributed by atoms with Gasteiger partial charge in [-0.2, -0.15) is 15.0 Å². The van der Waals surface area contributed by atoms with E-state index < -0.39 is 0 Å². The van der Waals surface area contributed by atoms with Gasteiger partial charge in [0, 0.05) is 18.5 Å². The van der Waals surface area contributed by atoms with Gasteiger partial charge in [0.15, 0.2) is 6.04 Å². The van der Waals surface area contributed by atoms with Crippen molar-refractivity contribution in [2.45, 2.75) is 6.04 Å². The molecule has 0 N–H and O–H groups in total. The average Bonchev–Trinajstić information content (AvgIpc) is 2.30. The van der Waals surface area contributed by atoms with E-state index in [4.69, 9.17) is 5.53 Å². The second kappa shape index (κ2) is 3.72. The van der Waals surface area contributed by atoms with E-state index in [0.29, 0.717) is 11.4 Å². The van der Waals surface area contributed by atoms with Crippen molar-refractivity contribution in [3.05, 3.63) is 41.7 Å². The van der Waals surface area contributed by atoms with Gasteiger partial charge in [0.25, 0.3) is 0 Å². The predicted molar refractivity (Wildman–Crippen MR) is 51.0 cm³/mol. The molecule has 0 aliphatic carbocycles. The van der Waals surface area contributed by atoms with Crippen LogP contribution in [-0.4, -0.2) is 26.9 Å². The van der Waals surface area contributed by atoms with E-state index in [9.17, 15) is 0 Å². The van der Waals surface area contributed by atoms with Crippen LogP contribution in [0.4, 0.5) is 0 Å². The maximum absolute atomic E-state index is 8.74. The van der Waals surface area contributed by atoms with Crippen molar-refractivity contribution in [1.29, 1.82) is 0 Å². The van der Waals surface area contributed by atoms with Crippen LogP contribution in [-0.2, 0) is 0 Å². The summed E-state index contributed by atoms with van der Waals surface area (Å²) in [7, 11) is 0. The first kappa shape index (κ1) is 8.47. The Morgan fingerprint density at radius 1 is 1.43 bits per heavy atom. The maximum Gasteiger partial charge on any atom is 0.322 e.